The first-order chi connectivity index (χ1) is 8.24. The predicted molar refractivity (Wildman–Crippen MR) is 63.1 cm³/mol. The topological polar surface area (TPSA) is 92.5 Å². The van der Waals surface area contributed by atoms with E-state index in [1.807, 2.05) is 6.07 Å². The Morgan fingerprint density at radius 3 is 3.06 bits per heavy atom. The molecule has 7 heteroatoms. The van der Waals surface area contributed by atoms with Gasteiger partial charge in [0.2, 0.25) is 5.82 Å². The Bertz CT molecular complexity index is 570. The second-order valence-electron chi connectivity index (χ2n) is 3.26. The normalized spacial score (nSPS) is 9.94. The Balaban J connectivity index is 2.33. The Kier molecular flexibility index (Phi) is 3.23. The lowest BCUT2D eigenvalue weighted by molar-refractivity contribution is 0.761. The fourth-order valence-electron chi connectivity index (χ4n) is 1.39. The number of nitrogens with two attached hydrogens (primary N) is 1. The first kappa shape index (κ1) is 11.4. The molecule has 0 aliphatic carbocycles. The summed E-state index contributed by atoms with van der Waals surface area (Å²) < 4.78 is 1.66. The van der Waals surface area contributed by atoms with Crippen LogP contribution in [-0.4, -0.2) is 14.5 Å². The van der Waals surface area contributed by atoms with E-state index in [9.17, 15) is 0 Å². The molecule has 2 rings (SSSR count). The summed E-state index contributed by atoms with van der Waals surface area (Å²) in [6.07, 6.45) is 3.25. The van der Waals surface area contributed by atoms with E-state index in [1.165, 1.54) is 0 Å². The van der Waals surface area contributed by atoms with Gasteiger partial charge in [0.05, 0.1) is 17.3 Å². The average molecular weight is 249 g/mol. The molecular formula is C10H9ClN6. The smallest absolute Gasteiger partial charge is 0.213 e. The Morgan fingerprint density at radius 1 is 1.53 bits per heavy atom. The minimum absolute atomic E-state index is 0.314. The minimum Gasteiger partial charge on any atom is -0.317 e. The van der Waals surface area contributed by atoms with Gasteiger partial charge in [-0.15, -0.1) is 0 Å². The molecule has 0 amide bonds. The summed E-state index contributed by atoms with van der Waals surface area (Å²) in [7, 11) is 0. The number of aromatic nitrogens is 3. The highest BCUT2D eigenvalue weighted by molar-refractivity contribution is 6.31. The number of hydrogen-bond acceptors (Lipinski definition) is 5. The van der Waals surface area contributed by atoms with Crippen LogP contribution >= 0.6 is 11.6 Å². The van der Waals surface area contributed by atoms with Crippen molar-refractivity contribution in [2.45, 2.75) is 6.54 Å². The number of nitrogens with one attached hydrogen (secondary N) is 1. The summed E-state index contributed by atoms with van der Waals surface area (Å²) in [4.78, 5) is 8.11. The van der Waals surface area contributed by atoms with Crippen molar-refractivity contribution in [2.24, 2.45) is 5.84 Å². The van der Waals surface area contributed by atoms with Gasteiger partial charge in [0.25, 0.3) is 0 Å². The fraction of sp³-hybridized carbons (Fsp3) is 0.100. The molecule has 2 aromatic heterocycles. The van der Waals surface area contributed by atoms with Crippen LogP contribution in [-0.2, 0) is 6.54 Å². The van der Waals surface area contributed by atoms with E-state index < -0.39 is 0 Å². The number of nitriles is 1. The quantitative estimate of drug-likeness (QED) is 0.628. The van der Waals surface area contributed by atoms with Crippen molar-refractivity contribution in [2.75, 3.05) is 5.43 Å². The third kappa shape index (κ3) is 2.36. The fourth-order valence-corrected chi connectivity index (χ4v) is 1.55. The second kappa shape index (κ2) is 4.82. The lowest BCUT2D eigenvalue weighted by atomic mass is 10.3. The van der Waals surface area contributed by atoms with Gasteiger partial charge in [0.15, 0.2) is 0 Å². The van der Waals surface area contributed by atoms with Crippen LogP contribution in [0.4, 0.5) is 5.82 Å². The second-order valence-corrected chi connectivity index (χ2v) is 3.67. The number of anilines is 1. The molecule has 3 N–H and O–H groups in total. The maximum atomic E-state index is 8.84. The summed E-state index contributed by atoms with van der Waals surface area (Å²) >= 11 is 6.02. The SMILES string of the molecule is N#Cc1nccn1Cc1nc(NN)ccc1Cl. The van der Waals surface area contributed by atoms with Gasteiger partial charge >= 0.3 is 0 Å². The van der Waals surface area contributed by atoms with Gasteiger partial charge in [-0.25, -0.2) is 15.8 Å². The van der Waals surface area contributed by atoms with Crippen molar-refractivity contribution in [1.82, 2.24) is 14.5 Å². The highest BCUT2D eigenvalue weighted by Crippen LogP contribution is 2.17. The average Bonchev–Trinajstić information content (AvgIpc) is 2.79. The molecule has 0 aromatic carbocycles. The summed E-state index contributed by atoms with van der Waals surface area (Å²) in [5, 5.41) is 9.35. The van der Waals surface area contributed by atoms with Crippen LogP contribution in [0.25, 0.3) is 0 Å². The third-order valence-corrected chi connectivity index (χ3v) is 2.55. The third-order valence-electron chi connectivity index (χ3n) is 2.20. The molecule has 0 atom stereocenters. The van der Waals surface area contributed by atoms with Crippen LogP contribution in [0, 0.1) is 11.3 Å². The number of rotatable bonds is 3. The molecular weight excluding hydrogens is 240 g/mol. The van der Waals surface area contributed by atoms with Crippen molar-refractivity contribution in [3.05, 3.63) is 41.1 Å². The zero-order valence-corrected chi connectivity index (χ0v) is 9.52. The molecule has 0 aliphatic rings. The van der Waals surface area contributed by atoms with Crippen LogP contribution in [0.2, 0.25) is 5.02 Å². The first-order valence-electron chi connectivity index (χ1n) is 4.78. The molecule has 2 heterocycles. The summed E-state index contributed by atoms with van der Waals surface area (Å²) in [6.45, 7) is 0.372. The van der Waals surface area contributed by atoms with E-state index in [0.717, 1.165) is 0 Å². The van der Waals surface area contributed by atoms with E-state index in [0.29, 0.717) is 28.9 Å². The summed E-state index contributed by atoms with van der Waals surface area (Å²) in [5.74, 6) is 6.10. The zero-order chi connectivity index (χ0) is 12.3. The Morgan fingerprint density at radius 2 is 2.35 bits per heavy atom. The van der Waals surface area contributed by atoms with E-state index in [-0.39, 0.29) is 0 Å². The van der Waals surface area contributed by atoms with Crippen LogP contribution in [0.15, 0.2) is 24.5 Å². The monoisotopic (exact) mass is 248 g/mol. The van der Waals surface area contributed by atoms with Crippen LogP contribution in [0.3, 0.4) is 0 Å². The van der Waals surface area contributed by atoms with E-state index in [1.54, 1.807) is 29.1 Å². The van der Waals surface area contributed by atoms with Gasteiger partial charge in [-0.2, -0.15) is 5.26 Å². The van der Waals surface area contributed by atoms with E-state index in [2.05, 4.69) is 15.4 Å². The van der Waals surface area contributed by atoms with Gasteiger partial charge in [-0.05, 0) is 12.1 Å². The van der Waals surface area contributed by atoms with Gasteiger partial charge < -0.3 is 9.99 Å². The molecule has 2 aromatic rings. The standard InChI is InChI=1S/C10H9ClN6/c11-7-1-2-9(16-13)15-8(7)6-17-4-3-14-10(17)5-12/h1-4H,6,13H2,(H,15,16). The Labute approximate surface area is 103 Å². The van der Waals surface area contributed by atoms with Crippen LogP contribution in [0.5, 0.6) is 0 Å². The zero-order valence-electron chi connectivity index (χ0n) is 8.76. The Hall–Kier alpha value is -2.10. The van der Waals surface area contributed by atoms with Crippen molar-refractivity contribution in [3.63, 3.8) is 0 Å². The lowest BCUT2D eigenvalue weighted by Crippen LogP contribution is -2.11. The van der Waals surface area contributed by atoms with Gasteiger partial charge in [-0.1, -0.05) is 11.6 Å². The van der Waals surface area contributed by atoms with E-state index in [4.69, 9.17) is 22.7 Å². The minimum atomic E-state index is 0.314. The molecule has 0 fully saturated rings. The number of pyridine rings is 1. The van der Waals surface area contributed by atoms with Gasteiger partial charge in [0.1, 0.15) is 11.9 Å². The molecule has 0 spiro atoms. The molecule has 6 nitrogen and oxygen atoms in total. The van der Waals surface area contributed by atoms with Gasteiger partial charge in [0, 0.05) is 12.4 Å². The molecule has 86 valence electrons. The molecule has 0 bridgehead atoms. The van der Waals surface area contributed by atoms with Crippen molar-refractivity contribution >= 4 is 17.4 Å². The number of nitrogens with zero attached hydrogens (tertiary/aromatic N) is 4. The summed E-state index contributed by atoms with van der Waals surface area (Å²) in [5.41, 5.74) is 3.07. The number of imidazole rings is 1. The van der Waals surface area contributed by atoms with E-state index >= 15 is 0 Å². The largest absolute Gasteiger partial charge is 0.317 e. The predicted octanol–water partition coefficient (Wildman–Crippen LogP) is 1.14. The van der Waals surface area contributed by atoms with Crippen LogP contribution in [0.1, 0.15) is 11.5 Å². The first-order valence-corrected chi connectivity index (χ1v) is 5.15. The maximum absolute atomic E-state index is 8.84. The van der Waals surface area contributed by atoms with Crippen molar-refractivity contribution in [1.29, 1.82) is 5.26 Å². The number of halogens is 1. The number of hydrazine groups is 1. The molecule has 0 aliphatic heterocycles. The van der Waals surface area contributed by atoms with Crippen molar-refractivity contribution < 1.29 is 0 Å². The maximum Gasteiger partial charge on any atom is 0.213 e. The van der Waals surface area contributed by atoms with Crippen molar-refractivity contribution in [3.8, 4) is 6.07 Å². The lowest BCUT2D eigenvalue weighted by Gasteiger charge is -2.07. The van der Waals surface area contributed by atoms with Crippen LogP contribution < -0.4 is 11.3 Å². The highest BCUT2D eigenvalue weighted by Gasteiger charge is 2.07. The number of nitrogen functional groups attached to an aromatic ring is 1. The number of hydrogen-bond donors (Lipinski definition) is 2. The highest BCUT2D eigenvalue weighted by atomic mass is 35.5. The molecule has 0 radical (unpaired) electrons. The molecule has 0 unspecified atom stereocenters. The molecule has 0 saturated carbocycles. The molecule has 0 saturated heterocycles. The van der Waals surface area contributed by atoms with Gasteiger partial charge in [-0.3, -0.25) is 0 Å². The summed E-state index contributed by atoms with van der Waals surface area (Å²) in [6, 6.07) is 5.35. The molecule has 17 heavy (non-hydrogen) atoms.